The third-order valence-corrected chi connectivity index (χ3v) is 5.18. The minimum absolute atomic E-state index is 0.243. The fraction of sp³-hybridized carbons (Fsp3) is 0.333. The van der Waals surface area contributed by atoms with Crippen molar-refractivity contribution in [1.82, 2.24) is 19.2 Å². The Balaban J connectivity index is 1.69. The molecule has 1 aliphatic rings. The molecule has 2 aromatic carbocycles. The van der Waals surface area contributed by atoms with Crippen molar-refractivity contribution >= 4 is 12.2 Å². The van der Waals surface area contributed by atoms with Crippen LogP contribution < -0.4 is 0 Å². The summed E-state index contributed by atoms with van der Waals surface area (Å²) in [5.41, 5.74) is 2.27. The molecule has 0 saturated carbocycles. The van der Waals surface area contributed by atoms with Crippen molar-refractivity contribution in [2.24, 2.45) is 0 Å². The summed E-state index contributed by atoms with van der Waals surface area (Å²) in [6.45, 7) is 5.35. The van der Waals surface area contributed by atoms with Crippen LogP contribution in [-0.4, -0.2) is 45.0 Å². The molecule has 5 nitrogen and oxygen atoms in total. The predicted molar refractivity (Wildman–Crippen MR) is 109 cm³/mol. The summed E-state index contributed by atoms with van der Waals surface area (Å²) in [5.74, 6) is 0.957. The number of benzene rings is 2. The number of nitrogens with zero attached hydrogens (tertiary/aromatic N) is 4. The van der Waals surface area contributed by atoms with Gasteiger partial charge in [0.1, 0.15) is 5.82 Å². The van der Waals surface area contributed by atoms with Crippen molar-refractivity contribution in [2.75, 3.05) is 19.7 Å². The average Bonchev–Trinajstić information content (AvgIpc) is 2.98. The van der Waals surface area contributed by atoms with Crippen molar-refractivity contribution < 1.29 is 4.74 Å². The van der Waals surface area contributed by atoms with Gasteiger partial charge >= 0.3 is 0 Å². The molecule has 0 radical (unpaired) electrons. The van der Waals surface area contributed by atoms with Gasteiger partial charge in [-0.3, -0.25) is 9.47 Å². The molecule has 0 spiro atoms. The van der Waals surface area contributed by atoms with Gasteiger partial charge < -0.3 is 4.74 Å². The zero-order valence-electron chi connectivity index (χ0n) is 15.5. The van der Waals surface area contributed by atoms with E-state index in [9.17, 15) is 0 Å². The van der Waals surface area contributed by atoms with Crippen molar-refractivity contribution in [3.63, 3.8) is 0 Å². The zero-order valence-corrected chi connectivity index (χ0v) is 16.3. The second-order valence-corrected chi connectivity index (χ2v) is 7.30. The molecule has 1 atom stereocenters. The molecule has 6 heteroatoms. The van der Waals surface area contributed by atoms with Crippen LogP contribution in [0, 0.1) is 4.77 Å². The molecule has 2 heterocycles. The normalized spacial score (nSPS) is 17.9. The highest BCUT2D eigenvalue weighted by Gasteiger charge is 2.19. The lowest BCUT2D eigenvalue weighted by molar-refractivity contribution is -0.0307. The Hall–Kier alpha value is -2.28. The molecule has 4 rings (SSSR count). The van der Waals surface area contributed by atoms with E-state index in [1.54, 1.807) is 0 Å². The molecule has 1 fully saturated rings. The van der Waals surface area contributed by atoms with Crippen molar-refractivity contribution in [3.8, 4) is 5.69 Å². The summed E-state index contributed by atoms with van der Waals surface area (Å²) >= 11 is 5.81. The summed E-state index contributed by atoms with van der Waals surface area (Å²) in [7, 11) is 0. The van der Waals surface area contributed by atoms with Gasteiger partial charge in [0.15, 0.2) is 0 Å². The highest BCUT2D eigenvalue weighted by molar-refractivity contribution is 7.71. The summed E-state index contributed by atoms with van der Waals surface area (Å²) in [6.07, 6.45) is 0.985. The van der Waals surface area contributed by atoms with E-state index in [1.807, 2.05) is 28.9 Å². The van der Waals surface area contributed by atoms with Crippen LogP contribution in [0.1, 0.15) is 18.3 Å². The van der Waals surface area contributed by atoms with Crippen molar-refractivity contribution in [1.29, 1.82) is 0 Å². The van der Waals surface area contributed by atoms with Gasteiger partial charge in [-0.05, 0) is 36.8 Å². The number of para-hydroxylation sites is 1. The van der Waals surface area contributed by atoms with Crippen LogP contribution in [0.15, 0.2) is 60.7 Å². The van der Waals surface area contributed by atoms with E-state index in [4.69, 9.17) is 22.1 Å². The highest BCUT2D eigenvalue weighted by Crippen LogP contribution is 2.17. The highest BCUT2D eigenvalue weighted by atomic mass is 32.1. The number of aromatic nitrogens is 3. The minimum atomic E-state index is 0.243. The fourth-order valence-electron chi connectivity index (χ4n) is 3.48. The van der Waals surface area contributed by atoms with Gasteiger partial charge in [0.05, 0.1) is 19.4 Å². The molecule has 0 bridgehead atoms. The van der Waals surface area contributed by atoms with E-state index in [-0.39, 0.29) is 6.10 Å². The van der Waals surface area contributed by atoms with Crippen molar-refractivity contribution in [2.45, 2.75) is 26.1 Å². The molecular weight excluding hydrogens is 356 g/mol. The third-order valence-electron chi connectivity index (χ3n) is 4.78. The molecule has 0 unspecified atom stereocenters. The van der Waals surface area contributed by atoms with Crippen LogP contribution in [0.3, 0.4) is 0 Å². The molecule has 140 valence electrons. The van der Waals surface area contributed by atoms with E-state index < -0.39 is 0 Å². The smallest absolute Gasteiger partial charge is 0.203 e. The SMILES string of the molecule is C[C@H]1CN(Cn2nc(Cc3ccccc3)n(-c3ccccc3)c2=S)CCO1. The van der Waals surface area contributed by atoms with Gasteiger partial charge in [0, 0.05) is 25.2 Å². The second kappa shape index (κ2) is 8.17. The maximum atomic E-state index is 5.81. The van der Waals surface area contributed by atoms with Gasteiger partial charge in [-0.25, -0.2) is 4.68 Å². The van der Waals surface area contributed by atoms with E-state index in [0.29, 0.717) is 6.67 Å². The Morgan fingerprint density at radius 3 is 2.48 bits per heavy atom. The summed E-state index contributed by atoms with van der Waals surface area (Å²) in [6, 6.07) is 20.6. The monoisotopic (exact) mass is 380 g/mol. The third kappa shape index (κ3) is 4.18. The number of morpholine rings is 1. The minimum Gasteiger partial charge on any atom is -0.376 e. The number of hydrogen-bond donors (Lipinski definition) is 0. The maximum absolute atomic E-state index is 5.81. The van der Waals surface area contributed by atoms with Gasteiger partial charge in [-0.1, -0.05) is 48.5 Å². The molecule has 0 N–H and O–H groups in total. The maximum Gasteiger partial charge on any atom is 0.203 e. The van der Waals surface area contributed by atoms with Gasteiger partial charge in [0.2, 0.25) is 4.77 Å². The summed E-state index contributed by atoms with van der Waals surface area (Å²) in [5, 5.41) is 4.89. The lowest BCUT2D eigenvalue weighted by Gasteiger charge is -2.30. The van der Waals surface area contributed by atoms with Crippen LogP contribution in [0.5, 0.6) is 0 Å². The number of rotatable bonds is 5. The van der Waals surface area contributed by atoms with E-state index in [2.05, 4.69) is 52.8 Å². The Labute approximate surface area is 164 Å². The van der Waals surface area contributed by atoms with Crippen LogP contribution >= 0.6 is 12.2 Å². The van der Waals surface area contributed by atoms with E-state index in [0.717, 1.165) is 42.4 Å². The fourth-order valence-corrected chi connectivity index (χ4v) is 3.79. The Morgan fingerprint density at radius 2 is 1.78 bits per heavy atom. The Morgan fingerprint density at radius 1 is 1.07 bits per heavy atom. The average molecular weight is 381 g/mol. The lowest BCUT2D eigenvalue weighted by atomic mass is 10.1. The molecule has 0 aliphatic carbocycles. The first-order valence-corrected chi connectivity index (χ1v) is 9.73. The van der Waals surface area contributed by atoms with E-state index in [1.165, 1.54) is 5.56 Å². The predicted octanol–water partition coefficient (Wildman–Crippen LogP) is 3.67. The van der Waals surface area contributed by atoms with Gasteiger partial charge in [0.25, 0.3) is 0 Å². The molecule has 1 aromatic heterocycles. The largest absolute Gasteiger partial charge is 0.376 e. The molecular formula is C21H24N4OS. The molecule has 3 aromatic rings. The standard InChI is InChI=1S/C21H24N4OS/c1-17-15-23(12-13-26-17)16-24-21(27)25(19-10-6-3-7-11-19)20(22-24)14-18-8-4-2-5-9-18/h2-11,17H,12-16H2,1H3/t17-/m0/s1. The van der Waals surface area contributed by atoms with Crippen LogP contribution in [-0.2, 0) is 17.8 Å². The van der Waals surface area contributed by atoms with Gasteiger partial charge in [-0.2, -0.15) is 5.10 Å². The second-order valence-electron chi connectivity index (χ2n) is 6.93. The molecule has 1 saturated heterocycles. The lowest BCUT2D eigenvalue weighted by Crippen LogP contribution is -2.42. The molecule has 27 heavy (non-hydrogen) atoms. The zero-order chi connectivity index (χ0) is 18.6. The molecule has 1 aliphatic heterocycles. The number of ether oxygens (including phenoxy) is 1. The van der Waals surface area contributed by atoms with Crippen LogP contribution in [0.4, 0.5) is 0 Å². The molecule has 0 amide bonds. The summed E-state index contributed by atoms with van der Waals surface area (Å²) in [4.78, 5) is 2.35. The first-order chi connectivity index (χ1) is 13.2. The quantitative estimate of drug-likeness (QED) is 0.633. The van der Waals surface area contributed by atoms with Crippen LogP contribution in [0.25, 0.3) is 5.69 Å². The first-order valence-electron chi connectivity index (χ1n) is 9.33. The number of hydrogen-bond acceptors (Lipinski definition) is 4. The van der Waals surface area contributed by atoms with Gasteiger partial charge in [-0.15, -0.1) is 0 Å². The Kier molecular flexibility index (Phi) is 5.48. The first kappa shape index (κ1) is 18.1. The topological polar surface area (TPSA) is 35.2 Å². The Bertz CT molecular complexity index is 936. The van der Waals surface area contributed by atoms with Crippen molar-refractivity contribution in [3.05, 3.63) is 76.8 Å². The van der Waals surface area contributed by atoms with Crippen LogP contribution in [0.2, 0.25) is 0 Å². The summed E-state index contributed by atoms with van der Waals surface area (Å²) < 4.78 is 10.4. The van der Waals surface area contributed by atoms with E-state index >= 15 is 0 Å².